The highest BCUT2D eigenvalue weighted by Crippen LogP contribution is 2.55. The summed E-state index contributed by atoms with van der Waals surface area (Å²) in [6.45, 7) is -3.93. The first-order chi connectivity index (χ1) is 18.9. The number of nitrogens with two attached hydrogens (primary N) is 1. The van der Waals surface area contributed by atoms with E-state index in [2.05, 4.69) is 22.2 Å². The van der Waals surface area contributed by atoms with Crippen LogP contribution in [0.1, 0.15) is 19.4 Å². The van der Waals surface area contributed by atoms with Gasteiger partial charge in [0.25, 0.3) is 5.56 Å². The van der Waals surface area contributed by atoms with Crippen LogP contribution in [0.5, 0.6) is 0 Å². The molecule has 0 bridgehead atoms. The number of methoxy groups -OCH3 is 2. The highest BCUT2D eigenvalue weighted by Gasteiger charge is 2.46. The van der Waals surface area contributed by atoms with Crippen molar-refractivity contribution in [3.63, 3.8) is 0 Å². The standard InChI is InChI=1S/C21H32N5O12PS/c1-11(12(8-27)36-16(10-33-2)25-6-4-14(22)23-20(25)30)38-39(32,40)35-9-13-17(29)18(34-3)19(37-13)26-7-5-15(28)24-21(26)31/h4-7,11-13,16-19,27,29H,8-10H2,1-3H3,(H,32,40)(H2,22,23,30)(H,24,28,31)/t11-,12-,13-,16-,17?,18+,19-,39?/m1/s1. The Hall–Kier alpha value is -2.38. The SMILES string of the molecule is COC[C@@H](O[C@H](CO)[C@@H](C)OP(=O)(S)OC[C@H]1O[C@@H](n2ccc(=O)[nH]c2=O)[C@@H](OC)C1O)n1ccc(N)nc1=O. The molecule has 2 aromatic rings. The van der Waals surface area contributed by atoms with Gasteiger partial charge in [-0.25, -0.2) is 14.2 Å². The van der Waals surface area contributed by atoms with Crippen LogP contribution in [0.4, 0.5) is 5.82 Å². The van der Waals surface area contributed by atoms with Crippen LogP contribution in [0.25, 0.3) is 0 Å². The first-order valence-corrected chi connectivity index (χ1v) is 14.5. The molecule has 2 aromatic heterocycles. The minimum atomic E-state index is -4.15. The van der Waals surface area contributed by atoms with Crippen molar-refractivity contribution in [3.05, 3.63) is 55.8 Å². The zero-order valence-electron chi connectivity index (χ0n) is 21.8. The number of aliphatic hydroxyl groups excluding tert-OH is 2. The average Bonchev–Trinajstić information content (AvgIpc) is 3.20. The first kappa shape index (κ1) is 32.1. The summed E-state index contributed by atoms with van der Waals surface area (Å²) in [4.78, 5) is 41.5. The molecule has 8 atom stereocenters. The fourth-order valence-corrected chi connectivity index (χ4v) is 5.51. The second-order valence-corrected chi connectivity index (χ2v) is 11.5. The van der Waals surface area contributed by atoms with Crippen molar-refractivity contribution in [2.45, 2.75) is 49.9 Å². The summed E-state index contributed by atoms with van der Waals surface area (Å²) in [6, 6.07) is 2.48. The van der Waals surface area contributed by atoms with E-state index >= 15 is 0 Å². The summed E-state index contributed by atoms with van der Waals surface area (Å²) in [5, 5.41) is 20.5. The van der Waals surface area contributed by atoms with Crippen LogP contribution >= 0.6 is 19.0 Å². The molecule has 1 fully saturated rings. The Balaban J connectivity index is 1.65. The van der Waals surface area contributed by atoms with Gasteiger partial charge >= 0.3 is 18.2 Å². The number of aromatic nitrogens is 4. The third-order valence-electron chi connectivity index (χ3n) is 5.92. The minimum Gasteiger partial charge on any atom is -0.394 e. The number of nitrogens with one attached hydrogen (secondary N) is 1. The van der Waals surface area contributed by atoms with Crippen LogP contribution in [0, 0.1) is 0 Å². The van der Waals surface area contributed by atoms with Crippen molar-refractivity contribution in [3.8, 4) is 0 Å². The lowest BCUT2D eigenvalue weighted by Gasteiger charge is -2.29. The van der Waals surface area contributed by atoms with Crippen LogP contribution in [0.3, 0.4) is 0 Å². The van der Waals surface area contributed by atoms with Gasteiger partial charge in [0.15, 0.2) is 12.5 Å². The second-order valence-electron chi connectivity index (χ2n) is 8.66. The predicted octanol–water partition coefficient (Wildman–Crippen LogP) is -1.37. The Kier molecular flexibility index (Phi) is 11.2. The number of rotatable bonds is 14. The van der Waals surface area contributed by atoms with Crippen molar-refractivity contribution in [2.24, 2.45) is 0 Å². The molecule has 0 spiro atoms. The largest absolute Gasteiger partial charge is 0.394 e. The lowest BCUT2D eigenvalue weighted by atomic mass is 10.1. The predicted molar refractivity (Wildman–Crippen MR) is 141 cm³/mol. The van der Waals surface area contributed by atoms with Gasteiger partial charge in [-0.2, -0.15) is 4.98 Å². The molecule has 0 aliphatic carbocycles. The normalized spacial score (nSPS) is 24.9. The van der Waals surface area contributed by atoms with Crippen LogP contribution < -0.4 is 22.7 Å². The van der Waals surface area contributed by atoms with Crippen molar-refractivity contribution in [1.29, 1.82) is 0 Å². The van der Waals surface area contributed by atoms with Crippen molar-refractivity contribution >= 4 is 24.9 Å². The van der Waals surface area contributed by atoms with E-state index in [1.165, 1.54) is 39.6 Å². The number of nitrogen functional groups attached to an aromatic ring is 1. The van der Waals surface area contributed by atoms with Gasteiger partial charge in [0.05, 0.1) is 25.9 Å². The van der Waals surface area contributed by atoms with Crippen LogP contribution in [0.15, 0.2) is 38.9 Å². The van der Waals surface area contributed by atoms with Crippen molar-refractivity contribution < 1.29 is 42.8 Å². The Bertz CT molecular complexity index is 1350. The van der Waals surface area contributed by atoms with Gasteiger partial charge in [-0.05, 0) is 13.0 Å². The summed E-state index contributed by atoms with van der Waals surface area (Å²) >= 11 is 3.96. The van der Waals surface area contributed by atoms with Gasteiger partial charge in [-0.1, -0.05) is 12.2 Å². The first-order valence-electron chi connectivity index (χ1n) is 11.8. The molecule has 0 amide bonds. The van der Waals surface area contributed by atoms with Crippen molar-refractivity contribution in [2.75, 3.05) is 39.8 Å². The fourth-order valence-electron chi connectivity index (χ4n) is 3.92. The van der Waals surface area contributed by atoms with E-state index < -0.39 is 79.9 Å². The number of anilines is 1. The van der Waals surface area contributed by atoms with E-state index in [1.54, 1.807) is 0 Å². The molecule has 0 radical (unpaired) electrons. The summed E-state index contributed by atoms with van der Waals surface area (Å²) in [6.07, 6.45) is -5.35. The Morgan fingerprint density at radius 1 is 1.27 bits per heavy atom. The van der Waals surface area contributed by atoms with Gasteiger partial charge in [0, 0.05) is 32.7 Å². The molecular weight excluding hydrogens is 577 g/mol. The number of ether oxygens (including phenoxy) is 4. The molecule has 19 heteroatoms. The summed E-state index contributed by atoms with van der Waals surface area (Å²) < 4.78 is 47.7. The van der Waals surface area contributed by atoms with Gasteiger partial charge in [0.2, 0.25) is 0 Å². The molecule has 40 heavy (non-hydrogen) atoms. The highest BCUT2D eigenvalue weighted by molar-refractivity contribution is 8.44. The van der Waals surface area contributed by atoms with Gasteiger partial charge in [-0.3, -0.25) is 28.0 Å². The molecule has 0 aromatic carbocycles. The van der Waals surface area contributed by atoms with Gasteiger partial charge in [0.1, 0.15) is 30.2 Å². The molecule has 3 heterocycles. The van der Waals surface area contributed by atoms with Crippen LogP contribution in [0.2, 0.25) is 0 Å². The van der Waals surface area contributed by atoms with Crippen LogP contribution in [-0.4, -0.2) is 93.9 Å². The lowest BCUT2D eigenvalue weighted by Crippen LogP contribution is -2.39. The van der Waals surface area contributed by atoms with Gasteiger partial charge < -0.3 is 34.9 Å². The maximum absolute atomic E-state index is 13.0. The number of H-pyrrole nitrogens is 1. The molecule has 17 nitrogen and oxygen atoms in total. The Morgan fingerprint density at radius 3 is 2.60 bits per heavy atom. The highest BCUT2D eigenvalue weighted by atomic mass is 32.7. The molecule has 224 valence electrons. The van der Waals surface area contributed by atoms with E-state index in [1.807, 2.05) is 0 Å². The third-order valence-corrected chi connectivity index (χ3v) is 7.62. The lowest BCUT2D eigenvalue weighted by molar-refractivity contribution is -0.135. The number of thiol groups is 1. The molecule has 5 N–H and O–H groups in total. The topological polar surface area (TPSA) is 229 Å². The monoisotopic (exact) mass is 609 g/mol. The third kappa shape index (κ3) is 7.88. The molecule has 1 saturated heterocycles. The average molecular weight is 610 g/mol. The number of aromatic amines is 1. The Morgan fingerprint density at radius 2 is 2.00 bits per heavy atom. The molecule has 0 saturated carbocycles. The number of nitrogens with zero attached hydrogens (tertiary/aromatic N) is 3. The summed E-state index contributed by atoms with van der Waals surface area (Å²) in [7, 11) is 2.67. The number of aliphatic hydroxyl groups is 2. The van der Waals surface area contributed by atoms with Crippen LogP contribution in [-0.2, 0) is 32.6 Å². The van der Waals surface area contributed by atoms with E-state index in [4.69, 9.17) is 33.7 Å². The smallest absolute Gasteiger partial charge is 0.386 e. The van der Waals surface area contributed by atoms with Crippen molar-refractivity contribution in [1.82, 2.24) is 19.1 Å². The molecule has 2 unspecified atom stereocenters. The second kappa shape index (κ2) is 14.0. The maximum Gasteiger partial charge on any atom is 0.386 e. The van der Waals surface area contributed by atoms with E-state index in [-0.39, 0.29) is 12.4 Å². The van der Waals surface area contributed by atoms with E-state index in [0.29, 0.717) is 0 Å². The number of hydrogen-bond donors (Lipinski definition) is 5. The Labute approximate surface area is 232 Å². The van der Waals surface area contributed by atoms with E-state index in [0.717, 1.165) is 15.2 Å². The summed E-state index contributed by atoms with van der Waals surface area (Å²) in [5.41, 5.74) is 3.40. The molecule has 1 aliphatic heterocycles. The maximum atomic E-state index is 13.0. The molecule has 1 aliphatic rings. The summed E-state index contributed by atoms with van der Waals surface area (Å²) in [5.74, 6) is 0.00579. The zero-order chi connectivity index (χ0) is 29.6. The zero-order valence-corrected chi connectivity index (χ0v) is 23.6. The minimum absolute atomic E-state index is 0.00579. The molecule has 3 rings (SSSR count). The van der Waals surface area contributed by atoms with E-state index in [9.17, 15) is 29.2 Å². The van der Waals surface area contributed by atoms with Gasteiger partial charge in [-0.15, -0.1) is 0 Å². The fraction of sp³-hybridized carbons (Fsp3) is 0.619. The molecular formula is C21H32N5O12PS. The number of hydrogen-bond acceptors (Lipinski definition) is 14. The quantitative estimate of drug-likeness (QED) is 0.123.